The molecule has 0 heterocycles. The van der Waals surface area contributed by atoms with Gasteiger partial charge in [0, 0.05) is 6.42 Å². The molecule has 1 unspecified atom stereocenters. The normalized spacial score (nSPS) is 12.0. The number of carbonyl (C=O) groups is 2. The number of rotatable bonds is 5. The first-order valence-electron chi connectivity index (χ1n) is 7.82. The standard InChI is InChI=1S/C18H25N3O3/c1-12-8-13(2)10-14(9-12)11-15(16(22)20-7-6-19)21-17(23)24-18(3,4)5/h8-10,15H,7,11H2,1-5H3,(H,20,22)(H,21,23). The van der Waals surface area contributed by atoms with E-state index in [1.54, 1.807) is 20.8 Å². The summed E-state index contributed by atoms with van der Waals surface area (Å²) >= 11 is 0. The van der Waals surface area contributed by atoms with Crippen molar-refractivity contribution in [3.05, 3.63) is 34.9 Å². The first kappa shape index (κ1) is 19.5. The smallest absolute Gasteiger partial charge is 0.408 e. The van der Waals surface area contributed by atoms with Crippen LogP contribution in [-0.2, 0) is 16.0 Å². The van der Waals surface area contributed by atoms with Gasteiger partial charge in [-0.1, -0.05) is 29.3 Å². The lowest BCUT2D eigenvalue weighted by molar-refractivity contribution is -0.122. The van der Waals surface area contributed by atoms with Gasteiger partial charge in [-0.3, -0.25) is 4.79 Å². The molecular weight excluding hydrogens is 306 g/mol. The number of hydrogen-bond acceptors (Lipinski definition) is 4. The zero-order valence-electron chi connectivity index (χ0n) is 14.9. The monoisotopic (exact) mass is 331 g/mol. The third-order valence-corrected chi connectivity index (χ3v) is 3.07. The molecule has 1 aromatic carbocycles. The summed E-state index contributed by atoms with van der Waals surface area (Å²) in [7, 11) is 0. The topological polar surface area (TPSA) is 91.2 Å². The first-order valence-corrected chi connectivity index (χ1v) is 7.82. The summed E-state index contributed by atoms with van der Waals surface area (Å²) < 4.78 is 5.21. The Hall–Kier alpha value is -2.55. The van der Waals surface area contributed by atoms with Gasteiger partial charge in [-0.2, -0.15) is 5.26 Å². The van der Waals surface area contributed by atoms with Gasteiger partial charge in [0.05, 0.1) is 6.07 Å². The van der Waals surface area contributed by atoms with E-state index in [1.807, 2.05) is 38.1 Å². The molecule has 0 aliphatic carbocycles. The van der Waals surface area contributed by atoms with E-state index in [1.165, 1.54) is 0 Å². The van der Waals surface area contributed by atoms with E-state index < -0.39 is 23.6 Å². The molecule has 2 amide bonds. The van der Waals surface area contributed by atoms with Gasteiger partial charge >= 0.3 is 6.09 Å². The Morgan fingerprint density at radius 3 is 2.29 bits per heavy atom. The highest BCUT2D eigenvalue weighted by Crippen LogP contribution is 2.12. The van der Waals surface area contributed by atoms with Crippen LogP contribution in [0.3, 0.4) is 0 Å². The zero-order chi connectivity index (χ0) is 18.3. The summed E-state index contributed by atoms with van der Waals surface area (Å²) in [5.41, 5.74) is 2.44. The summed E-state index contributed by atoms with van der Waals surface area (Å²) in [6, 6.07) is 7.01. The van der Waals surface area contributed by atoms with Crippen molar-refractivity contribution in [1.29, 1.82) is 5.26 Å². The van der Waals surface area contributed by atoms with Gasteiger partial charge in [0.25, 0.3) is 0 Å². The third kappa shape index (κ3) is 7.14. The van der Waals surface area contributed by atoms with Crippen LogP contribution < -0.4 is 10.6 Å². The average molecular weight is 331 g/mol. The molecule has 0 saturated heterocycles. The van der Waals surface area contributed by atoms with Crippen LogP contribution in [0.25, 0.3) is 0 Å². The maximum atomic E-state index is 12.2. The molecule has 1 rings (SSSR count). The van der Waals surface area contributed by atoms with Gasteiger partial charge < -0.3 is 15.4 Å². The van der Waals surface area contributed by atoms with E-state index >= 15 is 0 Å². The maximum absolute atomic E-state index is 12.2. The van der Waals surface area contributed by atoms with Crippen LogP contribution in [0.2, 0.25) is 0 Å². The van der Waals surface area contributed by atoms with Crippen molar-refractivity contribution in [2.75, 3.05) is 6.54 Å². The molecule has 6 heteroatoms. The SMILES string of the molecule is Cc1cc(C)cc(CC(NC(=O)OC(C)(C)C)C(=O)NCC#N)c1. The predicted molar refractivity (Wildman–Crippen MR) is 91.4 cm³/mol. The van der Waals surface area contributed by atoms with Gasteiger partial charge in [-0.05, 0) is 40.2 Å². The molecule has 0 saturated carbocycles. The van der Waals surface area contributed by atoms with E-state index in [0.29, 0.717) is 6.42 Å². The van der Waals surface area contributed by atoms with Crippen LogP contribution in [0.1, 0.15) is 37.5 Å². The average Bonchev–Trinajstić information content (AvgIpc) is 2.40. The fourth-order valence-corrected chi connectivity index (χ4v) is 2.33. The number of ether oxygens (including phenoxy) is 1. The van der Waals surface area contributed by atoms with Gasteiger partial charge in [-0.15, -0.1) is 0 Å². The van der Waals surface area contributed by atoms with Crippen molar-refractivity contribution in [2.45, 2.75) is 52.7 Å². The highest BCUT2D eigenvalue weighted by atomic mass is 16.6. The second kappa shape index (κ2) is 8.34. The Morgan fingerprint density at radius 2 is 1.79 bits per heavy atom. The quantitative estimate of drug-likeness (QED) is 0.810. The molecule has 2 N–H and O–H groups in total. The van der Waals surface area contributed by atoms with E-state index in [9.17, 15) is 9.59 Å². The number of nitrogens with zero attached hydrogens (tertiary/aromatic N) is 1. The van der Waals surface area contributed by atoms with E-state index in [2.05, 4.69) is 10.6 Å². The van der Waals surface area contributed by atoms with E-state index in [-0.39, 0.29) is 6.54 Å². The Balaban J connectivity index is 2.90. The van der Waals surface area contributed by atoms with Gasteiger partial charge in [-0.25, -0.2) is 4.79 Å². The maximum Gasteiger partial charge on any atom is 0.408 e. The van der Waals surface area contributed by atoms with Crippen LogP contribution in [0.5, 0.6) is 0 Å². The third-order valence-electron chi connectivity index (χ3n) is 3.07. The van der Waals surface area contributed by atoms with Crippen LogP contribution in [0.4, 0.5) is 4.79 Å². The highest BCUT2D eigenvalue weighted by molar-refractivity contribution is 5.86. The Labute approximate surface area is 143 Å². The number of carbonyl (C=O) groups excluding carboxylic acids is 2. The number of nitriles is 1. The van der Waals surface area contributed by atoms with Crippen molar-refractivity contribution in [3.8, 4) is 6.07 Å². The van der Waals surface area contributed by atoms with Gasteiger partial charge in [0.15, 0.2) is 0 Å². The van der Waals surface area contributed by atoms with Gasteiger partial charge in [0.1, 0.15) is 18.2 Å². The van der Waals surface area contributed by atoms with Crippen molar-refractivity contribution in [1.82, 2.24) is 10.6 Å². The number of benzene rings is 1. The molecule has 0 fully saturated rings. The molecule has 0 aliphatic rings. The van der Waals surface area contributed by atoms with Gasteiger partial charge in [0.2, 0.25) is 5.91 Å². The largest absolute Gasteiger partial charge is 0.444 e. The Bertz CT molecular complexity index is 622. The molecule has 0 aromatic heterocycles. The predicted octanol–water partition coefficient (Wildman–Crippen LogP) is 2.38. The lowest BCUT2D eigenvalue weighted by Gasteiger charge is -2.23. The van der Waals surface area contributed by atoms with Crippen LogP contribution in [0, 0.1) is 25.2 Å². The van der Waals surface area contributed by atoms with E-state index in [4.69, 9.17) is 10.00 Å². The summed E-state index contributed by atoms with van der Waals surface area (Å²) in [5.74, 6) is -0.415. The van der Waals surface area contributed by atoms with Crippen molar-refractivity contribution in [2.24, 2.45) is 0 Å². The van der Waals surface area contributed by atoms with Crippen molar-refractivity contribution in [3.63, 3.8) is 0 Å². The summed E-state index contributed by atoms with van der Waals surface area (Å²) in [6.45, 7) is 9.09. The molecule has 0 aliphatic heterocycles. The molecule has 1 atom stereocenters. The van der Waals surface area contributed by atoms with Crippen LogP contribution >= 0.6 is 0 Å². The second-order valence-electron chi connectivity index (χ2n) is 6.77. The molecule has 24 heavy (non-hydrogen) atoms. The summed E-state index contributed by atoms with van der Waals surface area (Å²) in [4.78, 5) is 24.2. The summed E-state index contributed by atoms with van der Waals surface area (Å²) in [5, 5.41) is 13.7. The molecule has 6 nitrogen and oxygen atoms in total. The fourth-order valence-electron chi connectivity index (χ4n) is 2.33. The second-order valence-corrected chi connectivity index (χ2v) is 6.77. The number of nitrogens with one attached hydrogen (secondary N) is 2. The van der Waals surface area contributed by atoms with E-state index in [0.717, 1.165) is 16.7 Å². The molecule has 1 aromatic rings. The van der Waals surface area contributed by atoms with Crippen LogP contribution in [0.15, 0.2) is 18.2 Å². The molecule has 0 bridgehead atoms. The lowest BCUT2D eigenvalue weighted by atomic mass is 10.0. The Kier molecular flexibility index (Phi) is 6.78. The molecule has 0 spiro atoms. The van der Waals surface area contributed by atoms with Crippen molar-refractivity contribution < 1.29 is 14.3 Å². The number of alkyl carbamates (subject to hydrolysis) is 1. The minimum Gasteiger partial charge on any atom is -0.444 e. The zero-order valence-corrected chi connectivity index (χ0v) is 14.9. The number of amides is 2. The first-order chi connectivity index (χ1) is 11.1. The Morgan fingerprint density at radius 1 is 1.21 bits per heavy atom. The fraction of sp³-hybridized carbons (Fsp3) is 0.500. The van der Waals surface area contributed by atoms with Crippen molar-refractivity contribution >= 4 is 12.0 Å². The number of aryl methyl sites for hydroxylation is 2. The van der Waals surface area contributed by atoms with Crippen LogP contribution in [-0.4, -0.2) is 30.2 Å². The molecule has 130 valence electrons. The minimum absolute atomic E-state index is 0.113. The highest BCUT2D eigenvalue weighted by Gasteiger charge is 2.24. The molecule has 0 radical (unpaired) electrons. The summed E-state index contributed by atoms with van der Waals surface area (Å²) in [6.07, 6.45) is -0.345. The molecular formula is C18H25N3O3. The lowest BCUT2D eigenvalue weighted by Crippen LogP contribution is -2.49. The minimum atomic E-state index is -0.811. The number of hydrogen-bond donors (Lipinski definition) is 2.